The lowest BCUT2D eigenvalue weighted by molar-refractivity contribution is 0.0918. The molecule has 1 saturated carbocycles. The SMILES string of the molecule is CCC1CCCC(NC(=O)c2ccoc2Cl)C1. The number of furan rings is 1. The summed E-state index contributed by atoms with van der Waals surface area (Å²) in [7, 11) is 0. The zero-order valence-corrected chi connectivity index (χ0v) is 10.8. The molecular formula is C13H18ClNO2. The van der Waals surface area contributed by atoms with Crippen molar-refractivity contribution in [2.75, 3.05) is 0 Å². The van der Waals surface area contributed by atoms with E-state index in [0.717, 1.165) is 18.8 Å². The van der Waals surface area contributed by atoms with Crippen LogP contribution in [0.15, 0.2) is 16.7 Å². The zero-order valence-electron chi connectivity index (χ0n) is 10.0. The van der Waals surface area contributed by atoms with Gasteiger partial charge in [0.25, 0.3) is 5.91 Å². The molecule has 1 amide bonds. The van der Waals surface area contributed by atoms with E-state index in [-0.39, 0.29) is 17.2 Å². The van der Waals surface area contributed by atoms with Crippen molar-refractivity contribution >= 4 is 17.5 Å². The Balaban J connectivity index is 1.93. The van der Waals surface area contributed by atoms with E-state index < -0.39 is 0 Å². The average molecular weight is 256 g/mol. The molecule has 0 aliphatic heterocycles. The fourth-order valence-electron chi connectivity index (χ4n) is 2.51. The molecule has 0 bridgehead atoms. The Morgan fingerprint density at radius 1 is 1.59 bits per heavy atom. The fourth-order valence-corrected chi connectivity index (χ4v) is 2.71. The lowest BCUT2D eigenvalue weighted by Gasteiger charge is -2.28. The maximum absolute atomic E-state index is 11.9. The van der Waals surface area contributed by atoms with Gasteiger partial charge in [0.05, 0.1) is 11.8 Å². The monoisotopic (exact) mass is 255 g/mol. The summed E-state index contributed by atoms with van der Waals surface area (Å²) < 4.78 is 4.92. The molecule has 1 aliphatic rings. The lowest BCUT2D eigenvalue weighted by Crippen LogP contribution is -2.38. The molecule has 0 spiro atoms. The van der Waals surface area contributed by atoms with Crippen LogP contribution in [0.5, 0.6) is 0 Å². The first kappa shape index (κ1) is 12.5. The number of hydrogen-bond donors (Lipinski definition) is 1. The minimum absolute atomic E-state index is 0.120. The van der Waals surface area contributed by atoms with E-state index in [2.05, 4.69) is 12.2 Å². The van der Waals surface area contributed by atoms with Gasteiger partial charge < -0.3 is 9.73 Å². The Morgan fingerprint density at radius 3 is 3.06 bits per heavy atom. The van der Waals surface area contributed by atoms with Gasteiger partial charge in [-0.15, -0.1) is 0 Å². The van der Waals surface area contributed by atoms with E-state index >= 15 is 0 Å². The summed E-state index contributed by atoms with van der Waals surface area (Å²) >= 11 is 5.78. The molecule has 2 unspecified atom stereocenters. The summed E-state index contributed by atoms with van der Waals surface area (Å²) in [6.07, 6.45) is 7.26. The van der Waals surface area contributed by atoms with Crippen LogP contribution in [0, 0.1) is 5.92 Å². The molecule has 1 heterocycles. The van der Waals surface area contributed by atoms with E-state index in [0.29, 0.717) is 5.56 Å². The number of carbonyl (C=O) groups is 1. The first-order valence-corrected chi connectivity index (χ1v) is 6.62. The average Bonchev–Trinajstić information content (AvgIpc) is 2.76. The highest BCUT2D eigenvalue weighted by atomic mass is 35.5. The maximum Gasteiger partial charge on any atom is 0.256 e. The second-order valence-electron chi connectivity index (χ2n) is 4.72. The van der Waals surface area contributed by atoms with Crippen molar-refractivity contribution in [3.05, 3.63) is 23.1 Å². The van der Waals surface area contributed by atoms with Crippen LogP contribution in [0.25, 0.3) is 0 Å². The first-order valence-electron chi connectivity index (χ1n) is 6.24. The van der Waals surface area contributed by atoms with Crippen molar-refractivity contribution in [2.24, 2.45) is 5.92 Å². The summed E-state index contributed by atoms with van der Waals surface area (Å²) in [5, 5.41) is 3.21. The van der Waals surface area contributed by atoms with Gasteiger partial charge in [0.15, 0.2) is 0 Å². The summed E-state index contributed by atoms with van der Waals surface area (Å²) in [6, 6.07) is 1.89. The van der Waals surface area contributed by atoms with Crippen LogP contribution in [-0.2, 0) is 0 Å². The molecule has 1 N–H and O–H groups in total. The molecule has 2 rings (SSSR count). The van der Waals surface area contributed by atoms with Crippen LogP contribution in [0.1, 0.15) is 49.4 Å². The van der Waals surface area contributed by atoms with Gasteiger partial charge in [0.1, 0.15) is 0 Å². The standard InChI is InChI=1S/C13H18ClNO2/c1-2-9-4-3-5-10(8-9)15-13(16)11-6-7-17-12(11)14/h6-7,9-10H,2-5,8H2,1H3,(H,15,16). The van der Waals surface area contributed by atoms with Crippen molar-refractivity contribution in [2.45, 2.75) is 45.1 Å². The Bertz CT molecular complexity index is 389. The highest BCUT2D eigenvalue weighted by Crippen LogP contribution is 2.27. The molecular weight excluding hydrogens is 238 g/mol. The second-order valence-corrected chi connectivity index (χ2v) is 5.06. The highest BCUT2D eigenvalue weighted by molar-refractivity contribution is 6.32. The highest BCUT2D eigenvalue weighted by Gasteiger charge is 2.23. The van der Waals surface area contributed by atoms with Gasteiger partial charge in [-0.3, -0.25) is 4.79 Å². The maximum atomic E-state index is 11.9. The number of rotatable bonds is 3. The zero-order chi connectivity index (χ0) is 12.3. The van der Waals surface area contributed by atoms with Crippen LogP contribution in [0.2, 0.25) is 5.22 Å². The minimum Gasteiger partial charge on any atom is -0.452 e. The smallest absolute Gasteiger partial charge is 0.256 e. The van der Waals surface area contributed by atoms with E-state index in [1.807, 2.05) is 0 Å². The van der Waals surface area contributed by atoms with Gasteiger partial charge >= 0.3 is 0 Å². The van der Waals surface area contributed by atoms with Gasteiger partial charge in [0, 0.05) is 6.04 Å². The quantitative estimate of drug-likeness (QED) is 0.896. The fraction of sp³-hybridized carbons (Fsp3) is 0.615. The molecule has 4 heteroatoms. The van der Waals surface area contributed by atoms with Crippen molar-refractivity contribution in [1.82, 2.24) is 5.32 Å². The molecule has 94 valence electrons. The predicted octanol–water partition coefficient (Wildman–Crippen LogP) is 3.63. The second kappa shape index (κ2) is 5.58. The van der Waals surface area contributed by atoms with E-state index in [1.165, 1.54) is 25.5 Å². The normalized spacial score (nSPS) is 24.6. The Kier molecular flexibility index (Phi) is 4.11. The third-order valence-electron chi connectivity index (χ3n) is 3.56. The van der Waals surface area contributed by atoms with Crippen LogP contribution >= 0.6 is 11.6 Å². The van der Waals surface area contributed by atoms with Crippen molar-refractivity contribution in [1.29, 1.82) is 0 Å². The summed E-state index contributed by atoms with van der Waals surface area (Å²) in [5.41, 5.74) is 0.435. The van der Waals surface area contributed by atoms with Gasteiger partial charge in [-0.2, -0.15) is 0 Å². The van der Waals surface area contributed by atoms with Gasteiger partial charge in [-0.25, -0.2) is 0 Å². The topological polar surface area (TPSA) is 42.2 Å². The Labute approximate surface area is 107 Å². The first-order chi connectivity index (χ1) is 8.20. The summed E-state index contributed by atoms with van der Waals surface area (Å²) in [5.74, 6) is 0.624. The van der Waals surface area contributed by atoms with Gasteiger partial charge in [-0.05, 0) is 36.4 Å². The number of hydrogen-bond acceptors (Lipinski definition) is 2. The van der Waals surface area contributed by atoms with Gasteiger partial charge in [-0.1, -0.05) is 26.2 Å². The molecule has 2 atom stereocenters. The van der Waals surface area contributed by atoms with Crippen LogP contribution < -0.4 is 5.32 Å². The molecule has 1 aromatic rings. The Morgan fingerprint density at radius 2 is 2.41 bits per heavy atom. The summed E-state index contributed by atoms with van der Waals surface area (Å²) in [6.45, 7) is 2.21. The van der Waals surface area contributed by atoms with Crippen LogP contribution in [0.4, 0.5) is 0 Å². The molecule has 1 aliphatic carbocycles. The third-order valence-corrected chi connectivity index (χ3v) is 3.85. The lowest BCUT2D eigenvalue weighted by atomic mass is 9.84. The predicted molar refractivity (Wildman–Crippen MR) is 67.2 cm³/mol. The summed E-state index contributed by atoms with van der Waals surface area (Å²) in [4.78, 5) is 11.9. The number of amides is 1. The van der Waals surface area contributed by atoms with Crippen molar-refractivity contribution in [3.8, 4) is 0 Å². The van der Waals surface area contributed by atoms with Gasteiger partial charge in [0.2, 0.25) is 5.22 Å². The Hall–Kier alpha value is -0.960. The van der Waals surface area contributed by atoms with E-state index in [4.69, 9.17) is 16.0 Å². The molecule has 0 radical (unpaired) electrons. The number of nitrogens with one attached hydrogen (secondary N) is 1. The third kappa shape index (κ3) is 3.03. The molecule has 0 saturated heterocycles. The molecule has 17 heavy (non-hydrogen) atoms. The molecule has 3 nitrogen and oxygen atoms in total. The van der Waals surface area contributed by atoms with Crippen LogP contribution in [0.3, 0.4) is 0 Å². The van der Waals surface area contributed by atoms with E-state index in [1.54, 1.807) is 6.07 Å². The van der Waals surface area contributed by atoms with Crippen molar-refractivity contribution in [3.63, 3.8) is 0 Å². The molecule has 0 aromatic carbocycles. The number of carbonyl (C=O) groups excluding carboxylic acids is 1. The molecule has 1 aromatic heterocycles. The van der Waals surface area contributed by atoms with Crippen molar-refractivity contribution < 1.29 is 9.21 Å². The number of halogens is 1. The molecule has 1 fully saturated rings. The van der Waals surface area contributed by atoms with E-state index in [9.17, 15) is 4.79 Å². The minimum atomic E-state index is -0.120. The largest absolute Gasteiger partial charge is 0.452 e. The van der Waals surface area contributed by atoms with Crippen LogP contribution in [-0.4, -0.2) is 11.9 Å².